The van der Waals surface area contributed by atoms with Crippen LogP contribution >= 0.6 is 11.8 Å². The summed E-state index contributed by atoms with van der Waals surface area (Å²) in [5, 5.41) is 19.9. The first-order valence-corrected chi connectivity index (χ1v) is 15.4. The number of quaternary nitrogens is 1. The summed E-state index contributed by atoms with van der Waals surface area (Å²) in [6, 6.07) is 22.2. The second kappa shape index (κ2) is 10.7. The van der Waals surface area contributed by atoms with E-state index in [1.807, 2.05) is 60.7 Å². The van der Waals surface area contributed by atoms with E-state index in [2.05, 4.69) is 6.07 Å². The molecule has 0 bridgehead atoms. The highest BCUT2D eigenvalue weighted by atomic mass is 32.2. The van der Waals surface area contributed by atoms with Gasteiger partial charge in [-0.25, -0.2) is 17.7 Å². The molecule has 9 nitrogen and oxygen atoms in total. The van der Waals surface area contributed by atoms with Gasteiger partial charge >= 0.3 is 11.9 Å². The summed E-state index contributed by atoms with van der Waals surface area (Å²) < 4.78 is 42.2. The number of nitrogens with zero attached hydrogens (tertiary/aromatic N) is 3. The zero-order valence-electron chi connectivity index (χ0n) is 22.1. The van der Waals surface area contributed by atoms with Crippen molar-refractivity contribution in [2.75, 3.05) is 12.3 Å². The van der Waals surface area contributed by atoms with E-state index in [9.17, 15) is 28.1 Å². The van der Waals surface area contributed by atoms with E-state index in [1.165, 1.54) is 11.8 Å². The fourth-order valence-corrected chi connectivity index (χ4v) is 6.98. The Balaban J connectivity index is 1.29. The van der Waals surface area contributed by atoms with Gasteiger partial charge in [0.25, 0.3) is 5.52 Å². The average Bonchev–Trinajstić information content (AvgIpc) is 3.54. The van der Waals surface area contributed by atoms with Crippen LogP contribution in [-0.2, 0) is 21.5 Å². The van der Waals surface area contributed by atoms with E-state index in [0.717, 1.165) is 26.7 Å². The van der Waals surface area contributed by atoms with E-state index in [4.69, 9.17) is 4.42 Å². The standard InChI is InChI=1S/C31H23N3O6S2/c32-19-21-11-14-28-25(17-21)34(20-26(34)31(35)36)30(41-28)10-6-2-5-9-29-33(15-16-42(37,38)39)24-18-23(12-13-27(24)40-29)22-7-3-1-4-8-22/h1-14,17-18,26H,15-16,20H2/p+1. The Morgan fingerprint density at radius 1 is 1.12 bits per heavy atom. The first kappa shape index (κ1) is 27.7. The van der Waals surface area contributed by atoms with Crippen molar-refractivity contribution in [2.24, 2.45) is 0 Å². The van der Waals surface area contributed by atoms with Crippen LogP contribution in [0.2, 0.25) is 0 Å². The molecular weight excluding hydrogens is 574 g/mol. The minimum absolute atomic E-state index is 0.0688. The lowest BCUT2D eigenvalue weighted by Gasteiger charge is -2.13. The largest absolute Gasteiger partial charge is 0.748 e. The van der Waals surface area contributed by atoms with Crippen molar-refractivity contribution < 1.29 is 31.9 Å². The number of nitriles is 1. The zero-order chi connectivity index (χ0) is 29.5. The van der Waals surface area contributed by atoms with Gasteiger partial charge in [0.1, 0.15) is 10.1 Å². The molecule has 1 N–H and O–H groups in total. The highest BCUT2D eigenvalue weighted by Gasteiger charge is 2.68. The molecular formula is C31H24N3O6S2+. The molecule has 0 saturated carbocycles. The van der Waals surface area contributed by atoms with Crippen LogP contribution in [0.1, 0.15) is 11.5 Å². The van der Waals surface area contributed by atoms with Gasteiger partial charge < -0.3 is 14.1 Å². The third-order valence-corrected chi connectivity index (χ3v) is 9.29. The fraction of sp³-hybridized carbons (Fsp3) is 0.129. The van der Waals surface area contributed by atoms with Crippen molar-refractivity contribution in [2.45, 2.75) is 17.5 Å². The number of benzene rings is 3. The van der Waals surface area contributed by atoms with Gasteiger partial charge in [-0.05, 0) is 41.1 Å². The molecule has 2 aliphatic heterocycles. The molecule has 4 aromatic rings. The van der Waals surface area contributed by atoms with Crippen LogP contribution in [0.25, 0.3) is 28.3 Å². The third kappa shape index (κ3) is 5.17. The van der Waals surface area contributed by atoms with E-state index < -0.39 is 27.9 Å². The summed E-state index contributed by atoms with van der Waals surface area (Å²) in [5.74, 6) is -1.09. The number of hydrogen-bond donors (Lipinski definition) is 1. The number of oxazole rings is 1. The molecule has 1 aromatic heterocycles. The normalized spacial score (nSPS) is 20.6. The number of carbonyl (C=O) groups is 1. The molecule has 42 heavy (non-hydrogen) atoms. The molecule has 2 aliphatic rings. The number of fused-ring (bicyclic) bond motifs is 3. The Morgan fingerprint density at radius 3 is 2.64 bits per heavy atom. The van der Waals surface area contributed by atoms with E-state index in [-0.39, 0.29) is 11.0 Å². The predicted octanol–water partition coefficient (Wildman–Crippen LogP) is 4.79. The summed E-state index contributed by atoms with van der Waals surface area (Å²) in [4.78, 5) is 12.8. The summed E-state index contributed by atoms with van der Waals surface area (Å²) >= 11 is 1.49. The zero-order valence-corrected chi connectivity index (χ0v) is 23.7. The summed E-state index contributed by atoms with van der Waals surface area (Å²) in [5.41, 5.74) is 4.44. The van der Waals surface area contributed by atoms with Crippen LogP contribution in [0.15, 0.2) is 105 Å². The number of hydrogen-bond acceptors (Lipinski definition) is 7. The molecule has 2 atom stereocenters. The number of carboxylic acids is 1. The number of aliphatic carboxylic acids is 1. The summed E-state index contributed by atoms with van der Waals surface area (Å²) in [7, 11) is -4.45. The van der Waals surface area contributed by atoms with Gasteiger partial charge in [0, 0.05) is 18.2 Å². The van der Waals surface area contributed by atoms with Crippen LogP contribution < -0.4 is 9.05 Å². The minimum atomic E-state index is -4.45. The average molecular weight is 599 g/mol. The molecule has 0 aliphatic carbocycles. The number of thioether (sulfide) groups is 1. The monoisotopic (exact) mass is 598 g/mol. The second-order valence-corrected chi connectivity index (χ2v) is 12.5. The minimum Gasteiger partial charge on any atom is -0.748 e. The predicted molar refractivity (Wildman–Crippen MR) is 158 cm³/mol. The van der Waals surface area contributed by atoms with Crippen molar-refractivity contribution >= 4 is 50.7 Å². The lowest BCUT2D eigenvalue weighted by Crippen LogP contribution is -2.38. The number of carboxylic acid groups (broad SMARTS) is 1. The van der Waals surface area contributed by atoms with E-state index in [1.54, 1.807) is 41.0 Å². The van der Waals surface area contributed by atoms with Crippen LogP contribution in [0.5, 0.6) is 0 Å². The maximum absolute atomic E-state index is 11.9. The molecule has 2 unspecified atom stereocenters. The Bertz CT molecular complexity index is 1970. The van der Waals surface area contributed by atoms with E-state index >= 15 is 0 Å². The van der Waals surface area contributed by atoms with Crippen LogP contribution in [0, 0.1) is 11.3 Å². The lowest BCUT2D eigenvalue weighted by atomic mass is 10.1. The molecule has 6 rings (SSSR count). The van der Waals surface area contributed by atoms with Gasteiger partial charge in [-0.2, -0.15) is 9.83 Å². The van der Waals surface area contributed by atoms with Gasteiger partial charge in [0.15, 0.2) is 23.8 Å². The molecule has 1 spiro atoms. The van der Waals surface area contributed by atoms with Crippen LogP contribution in [0.4, 0.5) is 5.69 Å². The fourth-order valence-electron chi connectivity index (χ4n) is 5.28. The highest BCUT2D eigenvalue weighted by Crippen LogP contribution is 2.59. The van der Waals surface area contributed by atoms with Crippen molar-refractivity contribution in [1.82, 2.24) is 4.48 Å². The summed E-state index contributed by atoms with van der Waals surface area (Å²) in [6.07, 6.45) is 8.86. The molecule has 210 valence electrons. The van der Waals surface area contributed by atoms with Gasteiger partial charge in [0.05, 0.1) is 28.4 Å². The van der Waals surface area contributed by atoms with E-state index in [0.29, 0.717) is 29.1 Å². The van der Waals surface area contributed by atoms with Crippen molar-refractivity contribution in [1.29, 1.82) is 5.26 Å². The first-order valence-electron chi connectivity index (χ1n) is 13.0. The first-order chi connectivity index (χ1) is 20.2. The van der Waals surface area contributed by atoms with Gasteiger partial charge in [-0.1, -0.05) is 54.6 Å². The third-order valence-electron chi connectivity index (χ3n) is 7.37. The van der Waals surface area contributed by atoms with Gasteiger partial charge in [-0.15, -0.1) is 0 Å². The van der Waals surface area contributed by atoms with Crippen molar-refractivity contribution in [3.05, 3.63) is 108 Å². The Morgan fingerprint density at radius 2 is 1.93 bits per heavy atom. The lowest BCUT2D eigenvalue weighted by molar-refractivity contribution is -0.673. The Hall–Kier alpha value is -4.47. The molecule has 3 aromatic carbocycles. The number of aromatic nitrogens is 1. The number of rotatable bonds is 8. The number of allylic oxidation sites excluding steroid dienone is 4. The maximum atomic E-state index is 11.9. The Labute approximate surface area is 246 Å². The molecule has 11 heteroatoms. The highest BCUT2D eigenvalue weighted by molar-refractivity contribution is 8.03. The summed E-state index contributed by atoms with van der Waals surface area (Å²) in [6.45, 7) is 0.354. The molecule has 1 saturated heterocycles. The quantitative estimate of drug-likeness (QED) is 0.101. The SMILES string of the molecule is N#Cc1ccc2c(c1)[N+]1(CC1C(=O)O)C(=CC=CC=Cc1oc3ccc(-c4ccccc4)cc3[n+]1CCS(=O)(=O)[O-])S2. The molecule has 3 heterocycles. The second-order valence-electron chi connectivity index (χ2n) is 9.95. The smallest absolute Gasteiger partial charge is 0.374 e. The van der Waals surface area contributed by atoms with Crippen LogP contribution in [-0.4, -0.2) is 42.4 Å². The van der Waals surface area contributed by atoms with Gasteiger partial charge in [0.2, 0.25) is 11.6 Å². The van der Waals surface area contributed by atoms with Gasteiger partial charge in [-0.3, -0.25) is 0 Å². The van der Waals surface area contributed by atoms with Crippen LogP contribution in [0.3, 0.4) is 0 Å². The topological polar surface area (TPSA) is 135 Å². The molecule has 1 fully saturated rings. The molecule has 0 amide bonds. The Kier molecular flexibility index (Phi) is 7.08. The molecule has 0 radical (unpaired) electrons. The maximum Gasteiger partial charge on any atom is 0.374 e. The number of aryl methyl sites for hydroxylation is 1. The van der Waals surface area contributed by atoms with Crippen molar-refractivity contribution in [3.63, 3.8) is 0 Å². The van der Waals surface area contributed by atoms with Crippen molar-refractivity contribution in [3.8, 4) is 17.2 Å².